The fourth-order valence-corrected chi connectivity index (χ4v) is 3.46. The Hall–Kier alpha value is -2.54. The predicted molar refractivity (Wildman–Crippen MR) is 84.7 cm³/mol. The summed E-state index contributed by atoms with van der Waals surface area (Å²) in [5, 5.41) is 12.1. The Bertz CT molecular complexity index is 770. The molecule has 118 valence electrons. The van der Waals surface area contributed by atoms with E-state index in [-0.39, 0.29) is 31.0 Å². The van der Waals surface area contributed by atoms with Crippen molar-refractivity contribution in [3.8, 4) is 0 Å². The lowest BCUT2D eigenvalue weighted by Crippen LogP contribution is -2.25. The quantitative estimate of drug-likeness (QED) is 0.895. The van der Waals surface area contributed by atoms with E-state index in [0.29, 0.717) is 15.7 Å². The molecule has 2 N–H and O–H groups in total. The highest BCUT2D eigenvalue weighted by Gasteiger charge is 2.33. The van der Waals surface area contributed by atoms with Crippen LogP contribution < -0.4 is 5.32 Å². The molecule has 23 heavy (non-hydrogen) atoms. The zero-order valence-electron chi connectivity index (χ0n) is 12.1. The Balaban J connectivity index is 1.71. The summed E-state index contributed by atoms with van der Waals surface area (Å²) in [5.74, 6) is -2.17. The van der Waals surface area contributed by atoms with E-state index in [4.69, 9.17) is 5.11 Å². The maximum atomic E-state index is 12.0. The van der Waals surface area contributed by atoms with Crippen molar-refractivity contribution in [3.05, 3.63) is 46.5 Å². The number of amides is 1. The van der Waals surface area contributed by atoms with Crippen LogP contribution >= 0.6 is 11.3 Å². The zero-order chi connectivity index (χ0) is 16.4. The van der Waals surface area contributed by atoms with E-state index in [9.17, 15) is 14.4 Å². The van der Waals surface area contributed by atoms with Gasteiger partial charge in [-0.1, -0.05) is 41.7 Å². The number of thiazole rings is 1. The molecule has 6 nitrogen and oxygen atoms in total. The van der Waals surface area contributed by atoms with Crippen LogP contribution in [0, 0.1) is 5.92 Å². The number of fused-ring (bicyclic) bond motifs is 1. The number of anilines is 1. The minimum absolute atomic E-state index is 0.0120. The third kappa shape index (κ3) is 3.45. The van der Waals surface area contributed by atoms with Crippen molar-refractivity contribution < 1.29 is 19.5 Å². The molecule has 0 unspecified atom stereocenters. The number of carboxylic acids is 1. The number of hydrogen-bond donors (Lipinski definition) is 2. The van der Waals surface area contributed by atoms with Gasteiger partial charge in [-0.05, 0) is 5.56 Å². The van der Waals surface area contributed by atoms with Crippen molar-refractivity contribution in [2.75, 3.05) is 5.32 Å². The third-order valence-corrected chi connectivity index (χ3v) is 4.68. The van der Waals surface area contributed by atoms with E-state index in [1.54, 1.807) is 0 Å². The van der Waals surface area contributed by atoms with Crippen molar-refractivity contribution in [3.63, 3.8) is 0 Å². The normalized spacial score (nSPS) is 16.7. The van der Waals surface area contributed by atoms with Crippen molar-refractivity contribution in [2.45, 2.75) is 19.3 Å². The lowest BCUT2D eigenvalue weighted by Gasteiger charge is -2.15. The molecule has 1 atom stereocenters. The Morgan fingerprint density at radius 2 is 2.00 bits per heavy atom. The van der Waals surface area contributed by atoms with E-state index in [2.05, 4.69) is 10.3 Å². The highest BCUT2D eigenvalue weighted by molar-refractivity contribution is 7.17. The van der Waals surface area contributed by atoms with Crippen LogP contribution in [0.1, 0.15) is 27.3 Å². The first-order valence-corrected chi connectivity index (χ1v) is 7.94. The van der Waals surface area contributed by atoms with Gasteiger partial charge in [0.25, 0.3) is 0 Å². The van der Waals surface area contributed by atoms with Gasteiger partial charge >= 0.3 is 5.97 Å². The zero-order valence-corrected chi connectivity index (χ0v) is 12.9. The van der Waals surface area contributed by atoms with E-state index in [1.807, 2.05) is 30.3 Å². The van der Waals surface area contributed by atoms with Gasteiger partial charge < -0.3 is 10.4 Å². The fraction of sp³-hybridized carbons (Fsp3) is 0.250. The van der Waals surface area contributed by atoms with Crippen LogP contribution in [0.15, 0.2) is 30.3 Å². The van der Waals surface area contributed by atoms with Gasteiger partial charge in [0, 0.05) is 12.8 Å². The molecule has 0 radical (unpaired) electrons. The number of benzene rings is 1. The van der Waals surface area contributed by atoms with Crippen LogP contribution in [0.25, 0.3) is 0 Å². The first-order chi connectivity index (χ1) is 11.0. The Morgan fingerprint density at radius 1 is 1.26 bits per heavy atom. The average molecular weight is 330 g/mol. The number of nitrogens with one attached hydrogen (secondary N) is 1. The minimum Gasteiger partial charge on any atom is -0.481 e. The minimum atomic E-state index is -0.994. The lowest BCUT2D eigenvalue weighted by atomic mass is 9.90. The maximum Gasteiger partial charge on any atom is 0.307 e. The molecule has 1 aliphatic carbocycles. The summed E-state index contributed by atoms with van der Waals surface area (Å²) in [5.41, 5.74) is 1.35. The van der Waals surface area contributed by atoms with Gasteiger partial charge in [0.15, 0.2) is 10.9 Å². The summed E-state index contributed by atoms with van der Waals surface area (Å²) in [6, 6.07) is 9.30. The number of carbonyl (C=O) groups is 3. The standard InChI is InChI=1S/C16H14N2O4S/c19-12-8-10(15(21)22)7-11-14(12)23-16(17-11)18-13(20)6-9-4-2-1-3-5-9/h1-5,10H,6-8H2,(H,21,22)(H,17,18,20)/t10-/m1/s1. The van der Waals surface area contributed by atoms with Gasteiger partial charge in [-0.15, -0.1) is 0 Å². The van der Waals surface area contributed by atoms with Crippen molar-refractivity contribution in [1.29, 1.82) is 0 Å². The van der Waals surface area contributed by atoms with E-state index in [1.165, 1.54) is 0 Å². The summed E-state index contributed by atoms with van der Waals surface area (Å²) in [4.78, 5) is 39.7. The molecule has 0 bridgehead atoms. The molecule has 2 aromatic rings. The van der Waals surface area contributed by atoms with Crippen molar-refractivity contribution >= 4 is 34.1 Å². The largest absolute Gasteiger partial charge is 0.481 e. The highest BCUT2D eigenvalue weighted by atomic mass is 32.1. The molecule has 1 aromatic carbocycles. The van der Waals surface area contributed by atoms with E-state index in [0.717, 1.165) is 16.9 Å². The second-order valence-electron chi connectivity index (χ2n) is 5.37. The van der Waals surface area contributed by atoms with E-state index < -0.39 is 11.9 Å². The number of hydrogen-bond acceptors (Lipinski definition) is 5. The molecule has 0 saturated heterocycles. The Labute approximate surface area is 136 Å². The molecule has 0 fully saturated rings. The van der Waals surface area contributed by atoms with Crippen molar-refractivity contribution in [2.24, 2.45) is 5.92 Å². The first kappa shape index (κ1) is 15.4. The monoisotopic (exact) mass is 330 g/mol. The molecule has 0 aliphatic heterocycles. The summed E-state index contributed by atoms with van der Waals surface area (Å²) in [6.07, 6.45) is 0.431. The second-order valence-corrected chi connectivity index (χ2v) is 6.37. The molecule has 1 amide bonds. The highest BCUT2D eigenvalue weighted by Crippen LogP contribution is 2.32. The molecule has 1 aromatic heterocycles. The summed E-state index contributed by atoms with van der Waals surface area (Å²) in [6.45, 7) is 0. The molecule has 1 aliphatic rings. The summed E-state index contributed by atoms with van der Waals surface area (Å²) in [7, 11) is 0. The number of ketones is 1. The number of aromatic nitrogens is 1. The number of nitrogens with zero attached hydrogens (tertiary/aromatic N) is 1. The first-order valence-electron chi connectivity index (χ1n) is 7.12. The van der Waals surface area contributed by atoms with Crippen LogP contribution in [0.2, 0.25) is 0 Å². The average Bonchev–Trinajstić information content (AvgIpc) is 2.91. The van der Waals surface area contributed by atoms with Gasteiger partial charge in [0.2, 0.25) is 5.91 Å². The van der Waals surface area contributed by atoms with Gasteiger partial charge in [0.05, 0.1) is 22.9 Å². The molecule has 0 spiro atoms. The topological polar surface area (TPSA) is 96.4 Å². The third-order valence-electron chi connectivity index (χ3n) is 3.63. The lowest BCUT2D eigenvalue weighted by molar-refractivity contribution is -0.141. The number of carbonyl (C=O) groups excluding carboxylic acids is 2. The Morgan fingerprint density at radius 3 is 2.70 bits per heavy atom. The van der Waals surface area contributed by atoms with Crippen LogP contribution in [0.3, 0.4) is 0 Å². The predicted octanol–water partition coefficient (Wildman–Crippen LogP) is 2.15. The Kier molecular flexibility index (Phi) is 4.20. The van der Waals surface area contributed by atoms with Gasteiger partial charge in [-0.25, -0.2) is 4.98 Å². The van der Waals surface area contributed by atoms with Crippen LogP contribution in [-0.2, 0) is 22.4 Å². The number of rotatable bonds is 4. The van der Waals surface area contributed by atoms with Crippen LogP contribution in [0.5, 0.6) is 0 Å². The van der Waals surface area contributed by atoms with Gasteiger partial charge in [0.1, 0.15) is 0 Å². The second kappa shape index (κ2) is 6.29. The van der Waals surface area contributed by atoms with E-state index >= 15 is 0 Å². The van der Waals surface area contributed by atoms with Crippen LogP contribution in [-0.4, -0.2) is 27.8 Å². The maximum absolute atomic E-state index is 12.0. The molecule has 3 rings (SSSR count). The summed E-state index contributed by atoms with van der Waals surface area (Å²) < 4.78 is 0. The molecule has 1 heterocycles. The fourth-order valence-electron chi connectivity index (χ4n) is 2.50. The molecule has 7 heteroatoms. The smallest absolute Gasteiger partial charge is 0.307 e. The number of Topliss-reactive ketones (excluding diaryl/α,β-unsaturated/α-hetero) is 1. The van der Waals surface area contributed by atoms with Crippen molar-refractivity contribution in [1.82, 2.24) is 4.98 Å². The number of carboxylic acid groups (broad SMARTS) is 1. The number of aliphatic carboxylic acids is 1. The SMILES string of the molecule is O=C(Cc1ccccc1)Nc1nc2c(s1)C(=O)C[C@H](C(=O)O)C2. The molecular weight excluding hydrogens is 316 g/mol. The molecule has 0 saturated carbocycles. The summed E-state index contributed by atoms with van der Waals surface area (Å²) >= 11 is 1.11. The van der Waals surface area contributed by atoms with Gasteiger partial charge in [-0.2, -0.15) is 0 Å². The van der Waals surface area contributed by atoms with Gasteiger partial charge in [-0.3, -0.25) is 14.4 Å². The molecular formula is C16H14N2O4S. The van der Waals surface area contributed by atoms with Crippen LogP contribution in [0.4, 0.5) is 5.13 Å².